The fourth-order valence-corrected chi connectivity index (χ4v) is 1.69. The summed E-state index contributed by atoms with van der Waals surface area (Å²) in [6.45, 7) is 2.48. The van der Waals surface area contributed by atoms with Gasteiger partial charge in [-0.25, -0.2) is 0 Å². The van der Waals surface area contributed by atoms with Gasteiger partial charge in [-0.1, -0.05) is 19.8 Å². The highest BCUT2D eigenvalue weighted by Gasteiger charge is 2.21. The standard InChI is InChI=1S/C9H16O2/c1-8-4-2-3-5-9(8)11-7-6-10/h6,8-9H,2-5,7H2,1H3. The number of carbonyl (C=O) groups excluding carboxylic acids is 1. The average Bonchev–Trinajstić information content (AvgIpc) is 2.03. The van der Waals surface area contributed by atoms with E-state index in [0.717, 1.165) is 12.7 Å². The van der Waals surface area contributed by atoms with Crippen LogP contribution in [-0.4, -0.2) is 19.0 Å². The topological polar surface area (TPSA) is 26.3 Å². The van der Waals surface area contributed by atoms with Crippen molar-refractivity contribution in [1.82, 2.24) is 0 Å². The van der Waals surface area contributed by atoms with Gasteiger partial charge in [-0.05, 0) is 18.8 Å². The number of hydrogen-bond donors (Lipinski definition) is 0. The first-order valence-corrected chi connectivity index (χ1v) is 4.40. The van der Waals surface area contributed by atoms with Crippen molar-refractivity contribution in [2.75, 3.05) is 6.61 Å². The maximum Gasteiger partial charge on any atom is 0.145 e. The molecule has 1 saturated carbocycles. The van der Waals surface area contributed by atoms with E-state index in [1.807, 2.05) is 0 Å². The summed E-state index contributed by atoms with van der Waals surface area (Å²) in [5, 5.41) is 0. The minimum atomic E-state index is 0.273. The molecular formula is C9H16O2. The van der Waals surface area contributed by atoms with Crippen molar-refractivity contribution in [3.8, 4) is 0 Å². The van der Waals surface area contributed by atoms with Gasteiger partial charge in [-0.3, -0.25) is 0 Å². The van der Waals surface area contributed by atoms with Crippen molar-refractivity contribution in [2.24, 2.45) is 5.92 Å². The third-order valence-corrected chi connectivity index (χ3v) is 2.41. The lowest BCUT2D eigenvalue weighted by Gasteiger charge is -2.27. The van der Waals surface area contributed by atoms with Gasteiger partial charge in [0.25, 0.3) is 0 Å². The molecule has 2 atom stereocenters. The molecule has 1 fully saturated rings. The van der Waals surface area contributed by atoms with E-state index >= 15 is 0 Å². The zero-order valence-corrected chi connectivity index (χ0v) is 7.08. The Kier molecular flexibility index (Phi) is 3.57. The van der Waals surface area contributed by atoms with E-state index in [-0.39, 0.29) is 6.61 Å². The lowest BCUT2D eigenvalue weighted by atomic mass is 9.88. The Labute approximate surface area is 67.9 Å². The molecule has 0 N–H and O–H groups in total. The summed E-state index contributed by atoms with van der Waals surface area (Å²) in [7, 11) is 0. The summed E-state index contributed by atoms with van der Waals surface area (Å²) in [5.74, 6) is 0.642. The highest BCUT2D eigenvalue weighted by Crippen LogP contribution is 2.25. The third-order valence-electron chi connectivity index (χ3n) is 2.41. The van der Waals surface area contributed by atoms with E-state index in [2.05, 4.69) is 6.92 Å². The summed E-state index contributed by atoms with van der Waals surface area (Å²) in [5.41, 5.74) is 0. The van der Waals surface area contributed by atoms with Gasteiger partial charge in [-0.2, -0.15) is 0 Å². The minimum absolute atomic E-state index is 0.273. The molecule has 1 aliphatic carbocycles. The largest absolute Gasteiger partial charge is 0.370 e. The molecule has 0 spiro atoms. The Hall–Kier alpha value is -0.370. The van der Waals surface area contributed by atoms with Crippen LogP contribution < -0.4 is 0 Å². The normalized spacial score (nSPS) is 31.7. The first kappa shape index (κ1) is 8.72. The second-order valence-electron chi connectivity index (χ2n) is 3.30. The third kappa shape index (κ3) is 2.62. The fraction of sp³-hybridized carbons (Fsp3) is 0.889. The summed E-state index contributed by atoms with van der Waals surface area (Å²) in [4.78, 5) is 10.0. The van der Waals surface area contributed by atoms with E-state index in [4.69, 9.17) is 4.74 Å². The SMILES string of the molecule is CC1CCCCC1OCC=O. The predicted molar refractivity (Wildman–Crippen MR) is 43.4 cm³/mol. The lowest BCUT2D eigenvalue weighted by Crippen LogP contribution is -2.26. The molecule has 64 valence electrons. The van der Waals surface area contributed by atoms with E-state index in [9.17, 15) is 4.79 Å². The molecule has 0 aromatic heterocycles. The molecule has 0 bridgehead atoms. The van der Waals surface area contributed by atoms with Crippen LogP contribution in [0.25, 0.3) is 0 Å². The van der Waals surface area contributed by atoms with Crippen molar-refractivity contribution in [3.63, 3.8) is 0 Å². The molecule has 11 heavy (non-hydrogen) atoms. The Balaban J connectivity index is 2.23. The van der Waals surface area contributed by atoms with Crippen LogP contribution in [0.1, 0.15) is 32.6 Å². The van der Waals surface area contributed by atoms with Gasteiger partial charge in [-0.15, -0.1) is 0 Å². The van der Waals surface area contributed by atoms with E-state index < -0.39 is 0 Å². The molecule has 0 aromatic rings. The quantitative estimate of drug-likeness (QED) is 0.582. The van der Waals surface area contributed by atoms with Crippen LogP contribution in [0.5, 0.6) is 0 Å². The van der Waals surface area contributed by atoms with Crippen LogP contribution >= 0.6 is 0 Å². The van der Waals surface area contributed by atoms with Gasteiger partial charge >= 0.3 is 0 Å². The van der Waals surface area contributed by atoms with Crippen molar-refractivity contribution >= 4 is 6.29 Å². The van der Waals surface area contributed by atoms with Crippen LogP contribution in [0.4, 0.5) is 0 Å². The van der Waals surface area contributed by atoms with E-state index in [0.29, 0.717) is 12.0 Å². The number of ether oxygens (including phenoxy) is 1. The van der Waals surface area contributed by atoms with Crippen molar-refractivity contribution in [2.45, 2.75) is 38.7 Å². The summed E-state index contributed by atoms with van der Waals surface area (Å²) >= 11 is 0. The Morgan fingerprint density at radius 2 is 2.18 bits per heavy atom. The molecule has 0 radical (unpaired) electrons. The molecule has 2 heteroatoms. The molecule has 1 aliphatic rings. The average molecular weight is 156 g/mol. The molecule has 0 saturated heterocycles. The molecule has 1 rings (SSSR count). The van der Waals surface area contributed by atoms with Gasteiger partial charge in [0.05, 0.1) is 6.10 Å². The number of aldehydes is 1. The molecule has 2 nitrogen and oxygen atoms in total. The van der Waals surface area contributed by atoms with E-state index in [1.54, 1.807) is 0 Å². The zero-order chi connectivity index (χ0) is 8.10. The molecule has 2 unspecified atom stereocenters. The van der Waals surface area contributed by atoms with Crippen molar-refractivity contribution < 1.29 is 9.53 Å². The van der Waals surface area contributed by atoms with Gasteiger partial charge in [0.1, 0.15) is 12.9 Å². The molecule has 0 heterocycles. The molecular weight excluding hydrogens is 140 g/mol. The van der Waals surface area contributed by atoms with Crippen molar-refractivity contribution in [3.05, 3.63) is 0 Å². The summed E-state index contributed by atoms with van der Waals surface area (Å²) in [6.07, 6.45) is 6.14. The van der Waals surface area contributed by atoms with Crippen LogP contribution in [0.15, 0.2) is 0 Å². The van der Waals surface area contributed by atoms with Crippen molar-refractivity contribution in [1.29, 1.82) is 0 Å². The van der Waals surface area contributed by atoms with Gasteiger partial charge in [0.15, 0.2) is 0 Å². The molecule has 0 aliphatic heterocycles. The first-order chi connectivity index (χ1) is 5.34. The monoisotopic (exact) mass is 156 g/mol. The second-order valence-corrected chi connectivity index (χ2v) is 3.30. The molecule has 0 aromatic carbocycles. The highest BCUT2D eigenvalue weighted by atomic mass is 16.5. The zero-order valence-electron chi connectivity index (χ0n) is 7.08. The van der Waals surface area contributed by atoms with Crippen LogP contribution in [-0.2, 0) is 9.53 Å². The second kappa shape index (κ2) is 4.50. The van der Waals surface area contributed by atoms with Crippen LogP contribution in [0, 0.1) is 5.92 Å². The fourth-order valence-electron chi connectivity index (χ4n) is 1.69. The maximum absolute atomic E-state index is 10.0. The number of rotatable bonds is 3. The lowest BCUT2D eigenvalue weighted by molar-refractivity contribution is -0.115. The van der Waals surface area contributed by atoms with Gasteiger partial charge in [0, 0.05) is 0 Å². The van der Waals surface area contributed by atoms with Gasteiger partial charge < -0.3 is 9.53 Å². The minimum Gasteiger partial charge on any atom is -0.370 e. The smallest absolute Gasteiger partial charge is 0.145 e. The highest BCUT2D eigenvalue weighted by molar-refractivity contribution is 5.50. The number of hydrogen-bond acceptors (Lipinski definition) is 2. The Morgan fingerprint density at radius 3 is 2.82 bits per heavy atom. The predicted octanol–water partition coefficient (Wildman–Crippen LogP) is 1.78. The Morgan fingerprint density at radius 1 is 1.45 bits per heavy atom. The first-order valence-electron chi connectivity index (χ1n) is 4.40. The Bertz CT molecular complexity index is 123. The van der Waals surface area contributed by atoms with Crippen LogP contribution in [0.3, 0.4) is 0 Å². The van der Waals surface area contributed by atoms with Crippen LogP contribution in [0.2, 0.25) is 0 Å². The van der Waals surface area contributed by atoms with E-state index in [1.165, 1.54) is 19.3 Å². The number of carbonyl (C=O) groups is 1. The maximum atomic E-state index is 10.0. The van der Waals surface area contributed by atoms with Gasteiger partial charge in [0.2, 0.25) is 0 Å². The molecule has 0 amide bonds. The summed E-state index contributed by atoms with van der Waals surface area (Å²) < 4.78 is 5.38. The summed E-state index contributed by atoms with van der Waals surface area (Å²) in [6, 6.07) is 0.